The van der Waals surface area contributed by atoms with Crippen LogP contribution in [0.25, 0.3) is 83.6 Å². The maximum Gasteiger partial charge on any atom is 0.160 e. The Kier molecular flexibility index (Phi) is 10.5. The fourth-order valence-electron chi connectivity index (χ4n) is 8.08. The zero-order valence-corrected chi connectivity index (χ0v) is 34.0. The molecule has 1 N–H and O–H groups in total. The Hall–Kier alpha value is -8.27. The third-order valence-corrected chi connectivity index (χ3v) is 11.4. The second-order valence-electron chi connectivity index (χ2n) is 15.4. The van der Waals surface area contributed by atoms with E-state index >= 15 is 0 Å². The van der Waals surface area contributed by atoms with Crippen molar-refractivity contribution in [2.75, 3.05) is 0 Å². The second-order valence-corrected chi connectivity index (χ2v) is 15.4. The summed E-state index contributed by atoms with van der Waals surface area (Å²) >= 11 is 0. The Morgan fingerprint density at radius 3 is 1.29 bits per heavy atom. The quantitative estimate of drug-likeness (QED) is 0.140. The molecule has 0 atom stereocenters. The van der Waals surface area contributed by atoms with Gasteiger partial charge in [-0.2, -0.15) is 0 Å². The summed E-state index contributed by atoms with van der Waals surface area (Å²) in [7, 11) is 0. The fourth-order valence-corrected chi connectivity index (χ4v) is 8.08. The van der Waals surface area contributed by atoms with Crippen LogP contribution in [0.3, 0.4) is 0 Å². The SMILES string of the molecule is N=C(/C=C(/c1ccccc1)c1cccc2ccc(-c3ccc(-c4cc(-c5ccc(-c6ccccc6)cc5)nc(-c5ccc(-c6ccccc6)cc5)n4)cc3)cc12)c1ccccc1. The third kappa shape index (κ3) is 8.03. The van der Waals surface area contributed by atoms with Crippen molar-refractivity contribution in [2.24, 2.45) is 0 Å². The summed E-state index contributed by atoms with van der Waals surface area (Å²) in [6, 6.07) is 82.2. The summed E-state index contributed by atoms with van der Waals surface area (Å²) in [6.07, 6.45) is 2.00. The van der Waals surface area contributed by atoms with E-state index in [1.54, 1.807) is 0 Å². The molecule has 0 amide bonds. The lowest BCUT2D eigenvalue weighted by atomic mass is 9.90. The zero-order chi connectivity index (χ0) is 41.7. The van der Waals surface area contributed by atoms with Gasteiger partial charge in [-0.3, -0.25) is 0 Å². The Morgan fingerprint density at radius 1 is 0.339 bits per heavy atom. The van der Waals surface area contributed by atoms with Gasteiger partial charge in [-0.05, 0) is 84.6 Å². The van der Waals surface area contributed by atoms with E-state index in [1.165, 1.54) is 11.1 Å². The van der Waals surface area contributed by atoms with Crippen molar-refractivity contribution in [2.45, 2.75) is 0 Å². The van der Waals surface area contributed by atoms with Crippen LogP contribution in [0.2, 0.25) is 0 Å². The van der Waals surface area contributed by atoms with Crippen molar-refractivity contribution >= 4 is 22.1 Å². The molecule has 0 aliphatic carbocycles. The summed E-state index contributed by atoms with van der Waals surface area (Å²) < 4.78 is 0. The highest BCUT2D eigenvalue weighted by atomic mass is 14.9. The van der Waals surface area contributed by atoms with Crippen molar-refractivity contribution in [3.63, 3.8) is 0 Å². The van der Waals surface area contributed by atoms with Crippen molar-refractivity contribution in [3.05, 3.63) is 259 Å². The number of hydrogen-bond acceptors (Lipinski definition) is 3. The molecule has 0 unspecified atom stereocenters. The van der Waals surface area contributed by atoms with Gasteiger partial charge in [-0.25, -0.2) is 9.97 Å². The minimum absolute atomic E-state index is 0.470. The first-order valence-electron chi connectivity index (χ1n) is 20.9. The van der Waals surface area contributed by atoms with Crippen LogP contribution in [0.15, 0.2) is 243 Å². The van der Waals surface area contributed by atoms with Gasteiger partial charge in [0.05, 0.1) is 17.1 Å². The Balaban J connectivity index is 1.02. The van der Waals surface area contributed by atoms with E-state index in [4.69, 9.17) is 15.4 Å². The number of allylic oxidation sites excluding steroid dienone is 1. The average Bonchev–Trinajstić information content (AvgIpc) is 3.36. The first-order chi connectivity index (χ1) is 30.6. The molecule has 9 aromatic carbocycles. The molecule has 292 valence electrons. The number of nitrogens with one attached hydrogen (secondary N) is 1. The van der Waals surface area contributed by atoms with Crippen molar-refractivity contribution in [3.8, 4) is 67.3 Å². The Labute approximate surface area is 362 Å². The highest BCUT2D eigenvalue weighted by Gasteiger charge is 2.15. The monoisotopic (exact) mass is 791 g/mol. The highest BCUT2D eigenvalue weighted by molar-refractivity contribution is 6.14. The van der Waals surface area contributed by atoms with E-state index in [0.29, 0.717) is 11.5 Å². The van der Waals surface area contributed by atoms with Gasteiger partial charge in [0.15, 0.2) is 5.82 Å². The molecule has 0 saturated carbocycles. The van der Waals surface area contributed by atoms with E-state index < -0.39 is 0 Å². The van der Waals surface area contributed by atoms with E-state index in [-0.39, 0.29) is 0 Å². The smallest absolute Gasteiger partial charge is 0.160 e. The first-order valence-corrected chi connectivity index (χ1v) is 20.9. The summed E-state index contributed by atoms with van der Waals surface area (Å²) in [5, 5.41) is 11.3. The molecule has 1 aromatic heterocycles. The van der Waals surface area contributed by atoms with Crippen LogP contribution in [0.1, 0.15) is 16.7 Å². The van der Waals surface area contributed by atoms with Gasteiger partial charge in [0.25, 0.3) is 0 Å². The Bertz CT molecular complexity index is 3070. The van der Waals surface area contributed by atoms with E-state index in [1.807, 2.05) is 54.6 Å². The zero-order valence-electron chi connectivity index (χ0n) is 34.0. The largest absolute Gasteiger partial charge is 0.300 e. The standard InChI is InChI=1S/C59H41N3/c60-56(48-20-11-4-12-21-48)39-55(46-18-9-3-10-19-46)53-23-13-22-47-30-37-52(38-54(47)53)45-26-33-50(34-27-45)58-40-57(49-31-24-43(25-32-49)41-14-5-1-6-15-41)61-59(62-58)51-35-28-44(29-36-51)42-16-7-2-8-17-42/h1-40,60H/b55-39-,60-56?. The molecule has 3 nitrogen and oxygen atoms in total. The van der Waals surface area contributed by atoms with Crippen LogP contribution < -0.4 is 0 Å². The van der Waals surface area contributed by atoms with E-state index in [0.717, 1.165) is 83.4 Å². The normalized spacial score (nSPS) is 11.4. The maximum absolute atomic E-state index is 9.06. The predicted octanol–water partition coefficient (Wildman–Crippen LogP) is 15.1. The van der Waals surface area contributed by atoms with Crippen molar-refractivity contribution < 1.29 is 0 Å². The number of rotatable bonds is 10. The van der Waals surface area contributed by atoms with Crippen molar-refractivity contribution in [1.29, 1.82) is 5.41 Å². The van der Waals surface area contributed by atoms with Crippen LogP contribution in [0.5, 0.6) is 0 Å². The molecule has 0 aliphatic heterocycles. The van der Waals surface area contributed by atoms with Gasteiger partial charge < -0.3 is 5.41 Å². The van der Waals surface area contributed by atoms with Crippen LogP contribution in [0.4, 0.5) is 0 Å². The van der Waals surface area contributed by atoms with Gasteiger partial charge in [-0.1, -0.05) is 224 Å². The lowest BCUT2D eigenvalue weighted by molar-refractivity contribution is 1.18. The van der Waals surface area contributed by atoms with Gasteiger partial charge in [-0.15, -0.1) is 0 Å². The van der Waals surface area contributed by atoms with Crippen LogP contribution in [0, 0.1) is 5.41 Å². The molecule has 0 saturated heterocycles. The van der Waals surface area contributed by atoms with Crippen LogP contribution >= 0.6 is 0 Å². The summed E-state index contributed by atoms with van der Waals surface area (Å²) in [6.45, 7) is 0. The maximum atomic E-state index is 9.06. The minimum atomic E-state index is 0.470. The fraction of sp³-hybridized carbons (Fsp3) is 0. The third-order valence-electron chi connectivity index (χ3n) is 11.4. The molecule has 1 heterocycles. The van der Waals surface area contributed by atoms with E-state index in [9.17, 15) is 0 Å². The molecule has 62 heavy (non-hydrogen) atoms. The summed E-state index contributed by atoms with van der Waals surface area (Å²) in [4.78, 5) is 10.3. The molecule has 0 bridgehead atoms. The average molecular weight is 792 g/mol. The number of benzene rings is 9. The molecule has 0 spiro atoms. The van der Waals surface area contributed by atoms with E-state index in [2.05, 4.69) is 188 Å². The molecule has 3 heteroatoms. The molecular formula is C59H41N3. The lowest BCUT2D eigenvalue weighted by Gasteiger charge is -2.14. The second kappa shape index (κ2) is 17.1. The Morgan fingerprint density at radius 2 is 0.758 bits per heavy atom. The van der Waals surface area contributed by atoms with Gasteiger partial charge in [0, 0.05) is 16.7 Å². The minimum Gasteiger partial charge on any atom is -0.300 e. The predicted molar refractivity (Wildman–Crippen MR) is 259 cm³/mol. The molecule has 0 fully saturated rings. The number of nitrogens with zero attached hydrogens (tertiary/aromatic N) is 2. The number of fused-ring (bicyclic) bond motifs is 1. The summed E-state index contributed by atoms with van der Waals surface area (Å²) in [5.41, 5.74) is 16.1. The molecular weight excluding hydrogens is 751 g/mol. The van der Waals surface area contributed by atoms with Gasteiger partial charge >= 0.3 is 0 Å². The van der Waals surface area contributed by atoms with Crippen LogP contribution in [-0.4, -0.2) is 15.7 Å². The van der Waals surface area contributed by atoms with Crippen molar-refractivity contribution in [1.82, 2.24) is 9.97 Å². The molecule has 0 radical (unpaired) electrons. The molecule has 0 aliphatic rings. The lowest BCUT2D eigenvalue weighted by Crippen LogP contribution is -1.98. The first kappa shape index (κ1) is 38.0. The topological polar surface area (TPSA) is 49.6 Å². The van der Waals surface area contributed by atoms with Gasteiger partial charge in [0.1, 0.15) is 0 Å². The molecule has 10 aromatic rings. The number of hydrogen-bond donors (Lipinski definition) is 1. The highest BCUT2D eigenvalue weighted by Crippen LogP contribution is 2.35. The number of aromatic nitrogens is 2. The summed E-state index contributed by atoms with van der Waals surface area (Å²) in [5.74, 6) is 0.679. The molecule has 10 rings (SSSR count). The van der Waals surface area contributed by atoms with Gasteiger partial charge in [0.2, 0.25) is 0 Å². The van der Waals surface area contributed by atoms with Crippen LogP contribution in [-0.2, 0) is 0 Å².